The molecule has 1 aliphatic rings. The number of amides is 1. The second-order valence-corrected chi connectivity index (χ2v) is 6.29. The van der Waals surface area contributed by atoms with E-state index in [0.29, 0.717) is 12.1 Å². The maximum atomic E-state index is 12.4. The van der Waals surface area contributed by atoms with E-state index in [9.17, 15) is 4.79 Å². The van der Waals surface area contributed by atoms with Crippen LogP contribution in [-0.2, 0) is 13.6 Å². The average Bonchev–Trinajstić information content (AvgIpc) is 3.15. The smallest absolute Gasteiger partial charge is 0.254 e. The zero-order valence-electron chi connectivity index (χ0n) is 14.4. The summed E-state index contributed by atoms with van der Waals surface area (Å²) < 4.78 is 2.03. The summed E-state index contributed by atoms with van der Waals surface area (Å²) in [4.78, 5) is 21.1. The molecule has 0 fully saturated rings. The van der Waals surface area contributed by atoms with E-state index in [1.54, 1.807) is 6.20 Å². The Bertz CT molecular complexity index is 972. The maximum Gasteiger partial charge on any atom is 0.254 e. The molecule has 0 saturated heterocycles. The zero-order valence-corrected chi connectivity index (χ0v) is 14.4. The van der Waals surface area contributed by atoms with Crippen molar-refractivity contribution < 1.29 is 4.79 Å². The van der Waals surface area contributed by atoms with Crippen molar-refractivity contribution in [2.24, 2.45) is 7.05 Å². The van der Waals surface area contributed by atoms with Gasteiger partial charge in [0, 0.05) is 25.4 Å². The normalized spacial score (nSPS) is 12.8. The number of rotatable bonds is 3. The first-order valence-corrected chi connectivity index (χ1v) is 8.17. The predicted octanol–water partition coefficient (Wildman–Crippen LogP) is 3.09. The number of hydrogen-bond acceptors (Lipinski definition) is 4. The molecule has 6 heteroatoms. The number of anilines is 2. The molecule has 0 bridgehead atoms. The van der Waals surface area contributed by atoms with Crippen LogP contribution >= 0.6 is 0 Å². The van der Waals surface area contributed by atoms with E-state index >= 15 is 0 Å². The first-order chi connectivity index (χ1) is 12.0. The molecule has 1 aromatic carbocycles. The summed E-state index contributed by atoms with van der Waals surface area (Å²) in [6.45, 7) is 4.48. The number of aromatic nitrogens is 3. The number of carbonyl (C=O) groups is 1. The van der Waals surface area contributed by atoms with Gasteiger partial charge in [0.1, 0.15) is 11.6 Å². The van der Waals surface area contributed by atoms with Gasteiger partial charge < -0.3 is 15.2 Å². The standard InChI is InChI=1S/C19H19N5O/c1-11-4-7-17(21-8-11)23-15-6-5-13(14-9-22-19(25)18(14)15)16-10-20-12(2)24(16)3/h4-8,10H,9H2,1-3H3,(H,21,23)(H,22,25). The fraction of sp³-hybridized carbons (Fsp3) is 0.211. The van der Waals surface area contributed by atoms with E-state index < -0.39 is 0 Å². The van der Waals surface area contributed by atoms with E-state index in [0.717, 1.165) is 39.7 Å². The van der Waals surface area contributed by atoms with Crippen LogP contribution in [0.1, 0.15) is 27.3 Å². The number of carbonyl (C=O) groups excluding carboxylic acids is 1. The first-order valence-electron chi connectivity index (χ1n) is 8.17. The van der Waals surface area contributed by atoms with Crippen molar-refractivity contribution >= 4 is 17.4 Å². The Balaban J connectivity index is 1.80. The summed E-state index contributed by atoms with van der Waals surface area (Å²) in [5, 5.41) is 6.19. The third-order valence-corrected chi connectivity index (χ3v) is 4.64. The highest BCUT2D eigenvalue weighted by Crippen LogP contribution is 2.35. The van der Waals surface area contributed by atoms with E-state index in [2.05, 4.69) is 20.6 Å². The molecule has 4 rings (SSSR count). The molecule has 126 valence electrons. The lowest BCUT2D eigenvalue weighted by molar-refractivity contribution is 0.0966. The van der Waals surface area contributed by atoms with E-state index in [-0.39, 0.29) is 5.91 Å². The van der Waals surface area contributed by atoms with Crippen LogP contribution in [0.25, 0.3) is 11.3 Å². The van der Waals surface area contributed by atoms with Gasteiger partial charge in [-0.05, 0) is 37.1 Å². The fourth-order valence-electron chi connectivity index (χ4n) is 3.12. The summed E-state index contributed by atoms with van der Waals surface area (Å²) in [7, 11) is 1.98. The highest BCUT2D eigenvalue weighted by Gasteiger charge is 2.27. The molecule has 0 saturated carbocycles. The minimum absolute atomic E-state index is 0.0645. The second kappa shape index (κ2) is 5.73. The summed E-state index contributed by atoms with van der Waals surface area (Å²) >= 11 is 0. The molecule has 2 N–H and O–H groups in total. The Kier molecular flexibility index (Phi) is 3.53. The first kappa shape index (κ1) is 15.4. The number of nitrogens with one attached hydrogen (secondary N) is 2. The van der Waals surface area contributed by atoms with E-state index in [1.807, 2.05) is 55.9 Å². The van der Waals surface area contributed by atoms with Gasteiger partial charge in [-0.2, -0.15) is 0 Å². The van der Waals surface area contributed by atoms with Crippen molar-refractivity contribution in [1.82, 2.24) is 19.9 Å². The molecule has 6 nitrogen and oxygen atoms in total. The van der Waals surface area contributed by atoms with Crippen LogP contribution in [0.2, 0.25) is 0 Å². The zero-order chi connectivity index (χ0) is 17.6. The third kappa shape index (κ3) is 2.55. The van der Waals surface area contributed by atoms with Crippen LogP contribution in [0.5, 0.6) is 0 Å². The Morgan fingerprint density at radius 3 is 2.64 bits per heavy atom. The lowest BCUT2D eigenvalue weighted by atomic mass is 9.99. The van der Waals surface area contributed by atoms with Crippen LogP contribution in [0.3, 0.4) is 0 Å². The molecule has 1 amide bonds. The van der Waals surface area contributed by atoms with E-state index in [1.165, 1.54) is 0 Å². The van der Waals surface area contributed by atoms with Crippen molar-refractivity contribution in [1.29, 1.82) is 0 Å². The highest BCUT2D eigenvalue weighted by atomic mass is 16.1. The maximum absolute atomic E-state index is 12.4. The molecule has 0 radical (unpaired) electrons. The highest BCUT2D eigenvalue weighted by molar-refractivity contribution is 6.06. The van der Waals surface area contributed by atoms with Crippen molar-refractivity contribution in [3.05, 3.63) is 59.2 Å². The molecule has 3 heterocycles. The Morgan fingerprint density at radius 1 is 1.12 bits per heavy atom. The number of hydrogen-bond donors (Lipinski definition) is 2. The summed E-state index contributed by atoms with van der Waals surface area (Å²) in [6.07, 6.45) is 3.65. The second-order valence-electron chi connectivity index (χ2n) is 6.29. The topological polar surface area (TPSA) is 71.8 Å². The van der Waals surface area contributed by atoms with Crippen LogP contribution in [-0.4, -0.2) is 20.4 Å². The lowest BCUT2D eigenvalue weighted by Crippen LogP contribution is -2.13. The number of benzene rings is 1. The largest absolute Gasteiger partial charge is 0.348 e. The molecule has 2 aromatic heterocycles. The molecule has 3 aromatic rings. The Labute approximate surface area is 145 Å². The van der Waals surface area contributed by atoms with Crippen LogP contribution in [0.15, 0.2) is 36.7 Å². The fourth-order valence-corrected chi connectivity index (χ4v) is 3.12. The molecule has 25 heavy (non-hydrogen) atoms. The van der Waals surface area contributed by atoms with Gasteiger partial charge in [-0.25, -0.2) is 9.97 Å². The van der Waals surface area contributed by atoms with Gasteiger partial charge in [0.2, 0.25) is 0 Å². The number of aryl methyl sites for hydroxylation is 2. The number of imidazole rings is 1. The van der Waals surface area contributed by atoms with Crippen LogP contribution in [0, 0.1) is 13.8 Å². The van der Waals surface area contributed by atoms with Crippen LogP contribution in [0.4, 0.5) is 11.5 Å². The molecule has 0 aliphatic carbocycles. The van der Waals surface area contributed by atoms with Gasteiger partial charge in [-0.15, -0.1) is 0 Å². The Hall–Kier alpha value is -3.15. The van der Waals surface area contributed by atoms with Gasteiger partial charge >= 0.3 is 0 Å². The molecular weight excluding hydrogens is 314 g/mol. The molecule has 0 unspecified atom stereocenters. The van der Waals surface area contributed by atoms with Gasteiger partial charge in [-0.3, -0.25) is 4.79 Å². The van der Waals surface area contributed by atoms with Crippen molar-refractivity contribution in [3.63, 3.8) is 0 Å². The van der Waals surface area contributed by atoms with Crippen molar-refractivity contribution in [3.8, 4) is 11.3 Å². The average molecular weight is 333 g/mol. The number of nitrogens with zero attached hydrogens (tertiary/aromatic N) is 3. The summed E-state index contributed by atoms with van der Waals surface area (Å²) in [5.74, 6) is 1.59. The van der Waals surface area contributed by atoms with Gasteiger partial charge in [0.05, 0.1) is 23.1 Å². The summed E-state index contributed by atoms with van der Waals surface area (Å²) in [6, 6.07) is 7.87. The van der Waals surface area contributed by atoms with Gasteiger partial charge in [0.15, 0.2) is 0 Å². The van der Waals surface area contributed by atoms with Crippen LogP contribution < -0.4 is 10.6 Å². The molecule has 0 atom stereocenters. The minimum atomic E-state index is -0.0645. The van der Waals surface area contributed by atoms with Crippen molar-refractivity contribution in [2.75, 3.05) is 5.32 Å². The number of fused-ring (bicyclic) bond motifs is 1. The minimum Gasteiger partial charge on any atom is -0.348 e. The van der Waals surface area contributed by atoms with Crippen molar-refractivity contribution in [2.45, 2.75) is 20.4 Å². The summed E-state index contributed by atoms with van der Waals surface area (Å²) in [5.41, 5.74) is 5.56. The van der Waals surface area contributed by atoms with E-state index in [4.69, 9.17) is 0 Å². The third-order valence-electron chi connectivity index (χ3n) is 4.64. The van der Waals surface area contributed by atoms with Gasteiger partial charge in [-0.1, -0.05) is 12.1 Å². The Morgan fingerprint density at radius 2 is 1.96 bits per heavy atom. The molecular formula is C19H19N5O. The molecule has 0 spiro atoms. The predicted molar refractivity (Wildman–Crippen MR) is 96.8 cm³/mol. The number of pyridine rings is 1. The molecule has 1 aliphatic heterocycles. The quantitative estimate of drug-likeness (QED) is 0.773. The SMILES string of the molecule is Cc1ccc(Nc2ccc(-c3cnc(C)n3C)c3c2C(=O)NC3)nc1. The van der Waals surface area contributed by atoms with Gasteiger partial charge in [0.25, 0.3) is 5.91 Å². The lowest BCUT2D eigenvalue weighted by Gasteiger charge is -2.13. The monoisotopic (exact) mass is 333 g/mol.